The lowest BCUT2D eigenvalue weighted by atomic mass is 9.82. The molecule has 0 unspecified atom stereocenters. The second kappa shape index (κ2) is 15.7. The van der Waals surface area contributed by atoms with E-state index >= 15 is 0 Å². The van der Waals surface area contributed by atoms with Crippen LogP contribution < -0.4 is 21.3 Å². The summed E-state index contributed by atoms with van der Waals surface area (Å²) in [4.78, 5) is 21.0. The number of amides is 1. The first kappa shape index (κ1) is 31.5. The molecule has 5 rings (SSSR count). The number of ether oxygens (including phenoxy) is 2. The lowest BCUT2D eigenvalue weighted by Gasteiger charge is -2.30. The van der Waals surface area contributed by atoms with E-state index in [-0.39, 0.29) is 11.8 Å². The standard InChI is InChI=1S/C32H44ClN7O3/c33-27-20-37-30(18-26(27)28-2-1-3-29(40-28)38-22-32(21-34)10-14-42-15-11-32)39-25-8-4-23(5-9-25)19-35-12-16-43-17-13-36-31(41)24-6-7-24/h1-3,18,20,23-25,35H,4-17,19,22H2,(H,36,41)(H,37,39)(H,38,40). The van der Waals surface area contributed by atoms with Gasteiger partial charge in [0.05, 0.1) is 35.4 Å². The summed E-state index contributed by atoms with van der Waals surface area (Å²) in [6.07, 6.45) is 9.68. The number of nitrogens with zero attached hydrogens (tertiary/aromatic N) is 3. The zero-order valence-corrected chi connectivity index (χ0v) is 25.6. The Morgan fingerprint density at radius 3 is 2.65 bits per heavy atom. The summed E-state index contributed by atoms with van der Waals surface area (Å²) < 4.78 is 11.1. The van der Waals surface area contributed by atoms with Crippen LogP contribution in [0.15, 0.2) is 30.5 Å². The Balaban J connectivity index is 1.02. The number of nitrogens with one attached hydrogen (secondary N) is 4. The van der Waals surface area contributed by atoms with Gasteiger partial charge < -0.3 is 30.7 Å². The summed E-state index contributed by atoms with van der Waals surface area (Å²) in [7, 11) is 0. The molecule has 0 aromatic carbocycles. The first-order valence-electron chi connectivity index (χ1n) is 15.7. The van der Waals surface area contributed by atoms with Gasteiger partial charge in [0, 0.05) is 56.6 Å². The van der Waals surface area contributed by atoms with Gasteiger partial charge in [-0.15, -0.1) is 0 Å². The molecule has 232 valence electrons. The Bertz CT molecular complexity index is 1240. The van der Waals surface area contributed by atoms with Crippen molar-refractivity contribution < 1.29 is 14.3 Å². The number of rotatable bonds is 15. The Labute approximate surface area is 259 Å². The zero-order chi connectivity index (χ0) is 29.9. The minimum absolute atomic E-state index is 0.173. The quantitative estimate of drug-likeness (QED) is 0.213. The maximum Gasteiger partial charge on any atom is 0.223 e. The normalized spacial score (nSPS) is 21.5. The Morgan fingerprint density at radius 2 is 1.88 bits per heavy atom. The van der Waals surface area contributed by atoms with Crippen LogP contribution in [-0.2, 0) is 14.3 Å². The molecular formula is C32H44ClN7O3. The predicted octanol–water partition coefficient (Wildman–Crippen LogP) is 4.63. The van der Waals surface area contributed by atoms with Crippen LogP contribution in [0.25, 0.3) is 11.3 Å². The van der Waals surface area contributed by atoms with Gasteiger partial charge in [-0.1, -0.05) is 17.7 Å². The van der Waals surface area contributed by atoms with Gasteiger partial charge in [0.1, 0.15) is 11.6 Å². The highest BCUT2D eigenvalue weighted by atomic mass is 35.5. The van der Waals surface area contributed by atoms with E-state index in [4.69, 9.17) is 26.1 Å². The van der Waals surface area contributed by atoms with Crippen LogP contribution in [0.2, 0.25) is 5.02 Å². The molecule has 4 N–H and O–H groups in total. The van der Waals surface area contributed by atoms with E-state index in [2.05, 4.69) is 32.3 Å². The lowest BCUT2D eigenvalue weighted by Crippen LogP contribution is -2.34. The number of carbonyl (C=O) groups excluding carboxylic acids is 1. The molecule has 43 heavy (non-hydrogen) atoms. The van der Waals surface area contributed by atoms with Crippen LogP contribution in [0, 0.1) is 28.6 Å². The van der Waals surface area contributed by atoms with Crippen molar-refractivity contribution in [3.63, 3.8) is 0 Å². The first-order chi connectivity index (χ1) is 21.0. The molecule has 1 aliphatic heterocycles. The van der Waals surface area contributed by atoms with E-state index in [1.54, 1.807) is 6.20 Å². The minimum Gasteiger partial charge on any atom is -0.381 e. The third-order valence-electron chi connectivity index (χ3n) is 8.72. The number of anilines is 2. The number of nitriles is 1. The van der Waals surface area contributed by atoms with E-state index < -0.39 is 5.41 Å². The minimum atomic E-state index is -0.430. The highest BCUT2D eigenvalue weighted by Crippen LogP contribution is 2.33. The molecule has 0 bridgehead atoms. The smallest absolute Gasteiger partial charge is 0.223 e. The van der Waals surface area contributed by atoms with Crippen LogP contribution in [0.5, 0.6) is 0 Å². The van der Waals surface area contributed by atoms with Crippen molar-refractivity contribution in [3.05, 3.63) is 35.5 Å². The lowest BCUT2D eigenvalue weighted by molar-refractivity contribution is -0.122. The topological polar surface area (TPSA) is 133 Å². The van der Waals surface area contributed by atoms with Gasteiger partial charge in [0.2, 0.25) is 5.91 Å². The van der Waals surface area contributed by atoms with Crippen molar-refractivity contribution in [1.82, 2.24) is 20.6 Å². The number of halogens is 1. The highest BCUT2D eigenvalue weighted by molar-refractivity contribution is 6.33. The maximum absolute atomic E-state index is 11.6. The summed E-state index contributed by atoms with van der Waals surface area (Å²) in [5.41, 5.74) is 1.16. The summed E-state index contributed by atoms with van der Waals surface area (Å²) >= 11 is 6.57. The first-order valence-corrected chi connectivity index (χ1v) is 16.1. The fourth-order valence-corrected chi connectivity index (χ4v) is 5.96. The Kier molecular flexibility index (Phi) is 11.5. The molecule has 10 nitrogen and oxygen atoms in total. The number of hydrogen-bond acceptors (Lipinski definition) is 9. The largest absolute Gasteiger partial charge is 0.381 e. The van der Waals surface area contributed by atoms with Gasteiger partial charge in [-0.05, 0) is 82.0 Å². The molecule has 3 fully saturated rings. The summed E-state index contributed by atoms with van der Waals surface area (Å²) in [5, 5.41) is 23.7. The monoisotopic (exact) mass is 609 g/mol. The van der Waals surface area contributed by atoms with Crippen molar-refractivity contribution in [2.24, 2.45) is 17.3 Å². The average molecular weight is 610 g/mol. The molecule has 3 heterocycles. The molecule has 0 atom stereocenters. The molecule has 0 spiro atoms. The van der Waals surface area contributed by atoms with Gasteiger partial charge >= 0.3 is 0 Å². The number of hydrogen-bond donors (Lipinski definition) is 4. The van der Waals surface area contributed by atoms with Gasteiger partial charge in [-0.3, -0.25) is 4.79 Å². The van der Waals surface area contributed by atoms with Crippen LogP contribution in [0.3, 0.4) is 0 Å². The van der Waals surface area contributed by atoms with E-state index in [1.807, 2.05) is 24.3 Å². The molecule has 2 aromatic rings. The predicted molar refractivity (Wildman–Crippen MR) is 168 cm³/mol. The van der Waals surface area contributed by atoms with Crippen LogP contribution in [0.4, 0.5) is 11.6 Å². The Hall–Kier alpha value is -2.97. The third-order valence-corrected chi connectivity index (χ3v) is 9.03. The molecule has 2 aliphatic carbocycles. The van der Waals surface area contributed by atoms with Crippen LogP contribution >= 0.6 is 11.6 Å². The molecule has 1 amide bonds. The van der Waals surface area contributed by atoms with Gasteiger partial charge in [-0.2, -0.15) is 5.26 Å². The molecule has 1 saturated heterocycles. The van der Waals surface area contributed by atoms with Crippen molar-refractivity contribution in [1.29, 1.82) is 5.26 Å². The number of aromatic nitrogens is 2. The van der Waals surface area contributed by atoms with E-state index in [1.165, 1.54) is 0 Å². The SMILES string of the molecule is N#CC1(CNc2cccc(-c3cc(NC4CCC(CNCCOCCNC(=O)C5CC5)CC4)ncc3Cl)n2)CCOCC1. The molecule has 2 saturated carbocycles. The van der Waals surface area contributed by atoms with Gasteiger partial charge in [0.15, 0.2) is 0 Å². The van der Waals surface area contributed by atoms with E-state index in [0.717, 1.165) is 87.3 Å². The van der Waals surface area contributed by atoms with E-state index in [0.29, 0.717) is 56.5 Å². The van der Waals surface area contributed by atoms with Crippen molar-refractivity contribution in [3.8, 4) is 17.3 Å². The molecule has 3 aliphatic rings. The zero-order valence-electron chi connectivity index (χ0n) is 24.9. The molecule has 0 radical (unpaired) electrons. The van der Waals surface area contributed by atoms with Gasteiger partial charge in [0.25, 0.3) is 0 Å². The summed E-state index contributed by atoms with van der Waals surface area (Å²) in [6, 6.07) is 10.7. The highest BCUT2D eigenvalue weighted by Gasteiger charge is 2.32. The molecule has 11 heteroatoms. The maximum atomic E-state index is 11.6. The number of carbonyl (C=O) groups is 1. The van der Waals surface area contributed by atoms with Crippen LogP contribution in [-0.4, -0.2) is 74.5 Å². The average Bonchev–Trinajstić information content (AvgIpc) is 3.90. The summed E-state index contributed by atoms with van der Waals surface area (Å²) in [6.45, 7) is 5.40. The molecular weight excluding hydrogens is 566 g/mol. The van der Waals surface area contributed by atoms with Crippen molar-refractivity contribution in [2.45, 2.75) is 57.4 Å². The summed E-state index contributed by atoms with van der Waals surface area (Å²) in [5.74, 6) is 2.61. The van der Waals surface area contributed by atoms with Crippen molar-refractivity contribution >= 4 is 29.1 Å². The third kappa shape index (κ3) is 9.51. The fourth-order valence-electron chi connectivity index (χ4n) is 5.76. The Morgan fingerprint density at radius 1 is 1.09 bits per heavy atom. The second-order valence-electron chi connectivity index (χ2n) is 12.1. The van der Waals surface area contributed by atoms with Gasteiger partial charge in [-0.25, -0.2) is 9.97 Å². The van der Waals surface area contributed by atoms with Crippen LogP contribution in [0.1, 0.15) is 51.4 Å². The van der Waals surface area contributed by atoms with E-state index in [9.17, 15) is 10.1 Å². The second-order valence-corrected chi connectivity index (χ2v) is 12.5. The number of pyridine rings is 2. The van der Waals surface area contributed by atoms with Crippen molar-refractivity contribution in [2.75, 3.05) is 63.2 Å². The molecule has 2 aromatic heterocycles. The fraction of sp³-hybridized carbons (Fsp3) is 0.625.